The standard InChI is InChI=1S/C20H27N3O3/c1-14(2)13-26-16-7-5-15(6-8-16)12-22-20(21)23-18-11-17(24-3)9-10-19(18)25-4/h5-11,14H,12-13H2,1-4H3,(H3,21,22,23). The molecule has 0 fully saturated rings. The number of rotatable bonds is 8. The Morgan fingerprint density at radius 1 is 1.04 bits per heavy atom. The molecule has 140 valence electrons. The van der Waals surface area contributed by atoms with E-state index in [1.807, 2.05) is 42.5 Å². The molecule has 0 unspecified atom stereocenters. The van der Waals surface area contributed by atoms with Crippen LogP contribution in [0.3, 0.4) is 0 Å². The molecule has 0 bridgehead atoms. The van der Waals surface area contributed by atoms with Crippen molar-refractivity contribution in [1.29, 1.82) is 0 Å². The number of methoxy groups -OCH3 is 2. The molecule has 0 spiro atoms. The number of hydrogen-bond acceptors (Lipinski definition) is 4. The second kappa shape index (κ2) is 9.56. The van der Waals surface area contributed by atoms with Crippen LogP contribution in [0.1, 0.15) is 19.4 Å². The van der Waals surface area contributed by atoms with Crippen LogP contribution in [0, 0.1) is 5.92 Å². The molecular formula is C20H27N3O3. The number of guanidine groups is 1. The third-order valence-electron chi connectivity index (χ3n) is 3.61. The summed E-state index contributed by atoms with van der Waals surface area (Å²) in [4.78, 5) is 4.37. The van der Waals surface area contributed by atoms with Gasteiger partial charge < -0.3 is 25.3 Å². The molecule has 0 saturated heterocycles. The Balaban J connectivity index is 1.98. The Morgan fingerprint density at radius 2 is 1.73 bits per heavy atom. The van der Waals surface area contributed by atoms with E-state index in [2.05, 4.69) is 24.2 Å². The van der Waals surface area contributed by atoms with Gasteiger partial charge in [0.25, 0.3) is 0 Å². The molecule has 0 aromatic heterocycles. The number of nitrogens with zero attached hydrogens (tertiary/aromatic N) is 1. The van der Waals surface area contributed by atoms with Crippen molar-refractivity contribution in [3.8, 4) is 17.2 Å². The number of aliphatic imine (C=N–C) groups is 1. The van der Waals surface area contributed by atoms with Crippen LogP contribution < -0.4 is 25.3 Å². The summed E-state index contributed by atoms with van der Waals surface area (Å²) in [5, 5.41) is 3.05. The fourth-order valence-corrected chi connectivity index (χ4v) is 2.22. The second-order valence-corrected chi connectivity index (χ2v) is 6.24. The maximum absolute atomic E-state index is 6.00. The minimum atomic E-state index is 0.302. The van der Waals surface area contributed by atoms with E-state index >= 15 is 0 Å². The predicted octanol–water partition coefficient (Wildman–Crippen LogP) is 3.67. The topological polar surface area (TPSA) is 78.1 Å². The van der Waals surface area contributed by atoms with Gasteiger partial charge in [-0.1, -0.05) is 26.0 Å². The van der Waals surface area contributed by atoms with Crippen LogP contribution in [0.4, 0.5) is 5.69 Å². The summed E-state index contributed by atoms with van der Waals surface area (Å²) in [6, 6.07) is 13.3. The van der Waals surface area contributed by atoms with E-state index in [4.69, 9.17) is 19.9 Å². The van der Waals surface area contributed by atoms with Crippen LogP contribution in [0.5, 0.6) is 17.2 Å². The minimum Gasteiger partial charge on any atom is -0.497 e. The van der Waals surface area contributed by atoms with Crippen LogP contribution >= 0.6 is 0 Å². The Hall–Kier alpha value is -2.89. The van der Waals surface area contributed by atoms with E-state index < -0.39 is 0 Å². The lowest BCUT2D eigenvalue weighted by molar-refractivity contribution is 0.271. The van der Waals surface area contributed by atoms with Crippen LogP contribution in [0.25, 0.3) is 0 Å². The van der Waals surface area contributed by atoms with Crippen LogP contribution in [-0.4, -0.2) is 26.8 Å². The Bertz CT molecular complexity index is 728. The Kier molecular flexibility index (Phi) is 7.14. The SMILES string of the molecule is COc1ccc(OC)c(NC(N)=NCc2ccc(OCC(C)C)cc2)c1. The van der Waals surface area contributed by atoms with E-state index in [9.17, 15) is 0 Å². The molecule has 0 aliphatic heterocycles. The monoisotopic (exact) mass is 357 g/mol. The molecule has 0 saturated carbocycles. The Morgan fingerprint density at radius 3 is 2.35 bits per heavy atom. The molecule has 2 rings (SSSR count). The molecule has 0 amide bonds. The van der Waals surface area contributed by atoms with Crippen LogP contribution in [0.15, 0.2) is 47.5 Å². The molecule has 0 radical (unpaired) electrons. The summed E-state index contributed by atoms with van der Waals surface area (Å²) in [5.74, 6) is 3.03. The molecule has 0 aliphatic rings. The Labute approximate surface area is 155 Å². The highest BCUT2D eigenvalue weighted by molar-refractivity contribution is 5.94. The van der Waals surface area contributed by atoms with Crippen molar-refractivity contribution in [2.75, 3.05) is 26.1 Å². The molecule has 0 atom stereocenters. The lowest BCUT2D eigenvalue weighted by Crippen LogP contribution is -2.23. The van der Waals surface area contributed by atoms with E-state index in [-0.39, 0.29) is 0 Å². The number of hydrogen-bond donors (Lipinski definition) is 2. The van der Waals surface area contributed by atoms with Gasteiger partial charge in [0, 0.05) is 6.07 Å². The number of benzene rings is 2. The van der Waals surface area contributed by atoms with Crippen molar-refractivity contribution in [3.63, 3.8) is 0 Å². The average Bonchev–Trinajstić information content (AvgIpc) is 2.65. The highest BCUT2D eigenvalue weighted by Crippen LogP contribution is 2.28. The molecular weight excluding hydrogens is 330 g/mol. The van der Waals surface area contributed by atoms with Gasteiger partial charge in [0.05, 0.1) is 33.1 Å². The van der Waals surface area contributed by atoms with E-state index in [1.54, 1.807) is 14.2 Å². The van der Waals surface area contributed by atoms with Gasteiger partial charge in [0.2, 0.25) is 0 Å². The summed E-state index contributed by atoms with van der Waals surface area (Å²) in [6.45, 7) is 5.42. The highest BCUT2D eigenvalue weighted by atomic mass is 16.5. The first-order chi connectivity index (χ1) is 12.5. The van der Waals surface area contributed by atoms with Crippen molar-refractivity contribution in [3.05, 3.63) is 48.0 Å². The molecule has 26 heavy (non-hydrogen) atoms. The third kappa shape index (κ3) is 5.88. The fraction of sp³-hybridized carbons (Fsp3) is 0.350. The average molecular weight is 357 g/mol. The van der Waals surface area contributed by atoms with Crippen molar-refractivity contribution in [2.24, 2.45) is 16.6 Å². The maximum Gasteiger partial charge on any atom is 0.193 e. The number of nitrogens with one attached hydrogen (secondary N) is 1. The summed E-state index contributed by atoms with van der Waals surface area (Å²) < 4.78 is 16.2. The third-order valence-corrected chi connectivity index (χ3v) is 3.61. The second-order valence-electron chi connectivity index (χ2n) is 6.24. The lowest BCUT2D eigenvalue weighted by Gasteiger charge is -2.12. The quantitative estimate of drug-likeness (QED) is 0.557. The molecule has 2 aromatic carbocycles. The van der Waals surface area contributed by atoms with E-state index in [0.717, 1.165) is 11.3 Å². The van der Waals surface area contributed by atoms with Gasteiger partial charge in [-0.2, -0.15) is 0 Å². The van der Waals surface area contributed by atoms with Gasteiger partial charge in [0.1, 0.15) is 17.2 Å². The van der Waals surface area contributed by atoms with Crippen molar-refractivity contribution in [2.45, 2.75) is 20.4 Å². The van der Waals surface area contributed by atoms with Crippen molar-refractivity contribution in [1.82, 2.24) is 0 Å². The van der Waals surface area contributed by atoms with Gasteiger partial charge in [-0.05, 0) is 35.7 Å². The summed E-state index contributed by atoms with van der Waals surface area (Å²) >= 11 is 0. The first kappa shape index (κ1) is 19.4. The highest BCUT2D eigenvalue weighted by Gasteiger charge is 2.06. The van der Waals surface area contributed by atoms with Crippen LogP contribution in [-0.2, 0) is 6.54 Å². The van der Waals surface area contributed by atoms with Crippen LogP contribution in [0.2, 0.25) is 0 Å². The molecule has 6 heteroatoms. The fourth-order valence-electron chi connectivity index (χ4n) is 2.22. The zero-order valence-corrected chi connectivity index (χ0v) is 15.8. The number of nitrogens with two attached hydrogens (primary N) is 1. The predicted molar refractivity (Wildman–Crippen MR) is 105 cm³/mol. The van der Waals surface area contributed by atoms with Gasteiger partial charge >= 0.3 is 0 Å². The van der Waals surface area contributed by atoms with Gasteiger partial charge in [-0.15, -0.1) is 0 Å². The van der Waals surface area contributed by atoms with Gasteiger partial charge in [0.15, 0.2) is 5.96 Å². The first-order valence-corrected chi connectivity index (χ1v) is 8.52. The van der Waals surface area contributed by atoms with Gasteiger partial charge in [-0.3, -0.25) is 0 Å². The zero-order chi connectivity index (χ0) is 18.9. The lowest BCUT2D eigenvalue weighted by atomic mass is 10.2. The molecule has 0 heterocycles. The van der Waals surface area contributed by atoms with E-state index in [1.165, 1.54) is 0 Å². The van der Waals surface area contributed by atoms with Crippen molar-refractivity contribution < 1.29 is 14.2 Å². The van der Waals surface area contributed by atoms with Gasteiger partial charge in [-0.25, -0.2) is 4.99 Å². The minimum absolute atomic E-state index is 0.302. The number of anilines is 1. The zero-order valence-electron chi connectivity index (χ0n) is 15.8. The summed E-state index contributed by atoms with van der Waals surface area (Å²) in [5.41, 5.74) is 7.74. The first-order valence-electron chi connectivity index (χ1n) is 8.52. The normalized spacial score (nSPS) is 11.3. The summed E-state index contributed by atoms with van der Waals surface area (Å²) in [6.07, 6.45) is 0. The molecule has 2 aromatic rings. The molecule has 6 nitrogen and oxygen atoms in total. The number of ether oxygens (including phenoxy) is 3. The largest absolute Gasteiger partial charge is 0.497 e. The maximum atomic E-state index is 6.00. The van der Waals surface area contributed by atoms with Crippen molar-refractivity contribution >= 4 is 11.6 Å². The van der Waals surface area contributed by atoms with E-state index in [0.29, 0.717) is 42.2 Å². The smallest absolute Gasteiger partial charge is 0.193 e. The summed E-state index contributed by atoms with van der Waals surface area (Å²) in [7, 11) is 3.21. The molecule has 3 N–H and O–H groups in total. The molecule has 0 aliphatic carbocycles.